The van der Waals surface area contributed by atoms with E-state index < -0.39 is 0 Å². The van der Waals surface area contributed by atoms with Gasteiger partial charge in [0.1, 0.15) is 0 Å². The second-order valence-electron chi connectivity index (χ2n) is 4.70. The molecule has 1 aromatic carbocycles. The van der Waals surface area contributed by atoms with Gasteiger partial charge in [0.05, 0.1) is 21.3 Å². The molecule has 0 aliphatic rings. The molecule has 0 spiro atoms. The van der Waals surface area contributed by atoms with Gasteiger partial charge in [-0.1, -0.05) is 35.3 Å². The first-order valence-electron chi connectivity index (χ1n) is 6.78. The van der Waals surface area contributed by atoms with Gasteiger partial charge in [0.15, 0.2) is 5.82 Å². The summed E-state index contributed by atoms with van der Waals surface area (Å²) in [6.07, 6.45) is 3.24. The van der Waals surface area contributed by atoms with Crippen molar-refractivity contribution in [3.05, 3.63) is 76.5 Å². The van der Waals surface area contributed by atoms with Crippen LogP contribution in [0, 0.1) is 0 Å². The molecule has 0 radical (unpaired) electrons. The Kier molecular flexibility index (Phi) is 4.55. The van der Waals surface area contributed by atoms with E-state index in [0.29, 0.717) is 21.4 Å². The number of rotatable bonds is 3. The Balaban J connectivity index is 1.93. The van der Waals surface area contributed by atoms with Crippen LogP contribution in [-0.2, 0) is 0 Å². The summed E-state index contributed by atoms with van der Waals surface area (Å²) in [6.45, 7) is 0. The van der Waals surface area contributed by atoms with Crippen LogP contribution in [0.4, 0.5) is 5.82 Å². The second-order valence-corrected chi connectivity index (χ2v) is 5.51. The lowest BCUT2D eigenvalue weighted by molar-refractivity contribution is 0.102. The summed E-state index contributed by atoms with van der Waals surface area (Å²) in [6, 6.07) is 14.1. The number of hydrogen-bond acceptors (Lipinski definition) is 3. The first kappa shape index (κ1) is 15.5. The predicted octanol–water partition coefficient (Wildman–Crippen LogP) is 4.70. The van der Waals surface area contributed by atoms with Crippen molar-refractivity contribution in [2.45, 2.75) is 0 Å². The standard InChI is InChI=1S/C17H11Cl2N3O/c18-13-7-6-11(15-5-1-2-8-20-15)10-12(13)17(23)22-16-14(19)4-3-9-21-16/h1-10H,(H,21,22,23). The molecule has 0 unspecified atom stereocenters. The van der Waals surface area contributed by atoms with Crippen LogP contribution < -0.4 is 5.32 Å². The molecule has 6 heteroatoms. The Morgan fingerprint density at radius 2 is 1.74 bits per heavy atom. The average molecular weight is 344 g/mol. The highest BCUT2D eigenvalue weighted by Gasteiger charge is 2.14. The molecule has 0 aliphatic carbocycles. The number of benzene rings is 1. The predicted molar refractivity (Wildman–Crippen MR) is 91.9 cm³/mol. The maximum Gasteiger partial charge on any atom is 0.258 e. The molecule has 0 aliphatic heterocycles. The number of nitrogens with zero attached hydrogens (tertiary/aromatic N) is 2. The largest absolute Gasteiger partial charge is 0.305 e. The van der Waals surface area contributed by atoms with Crippen molar-refractivity contribution in [3.63, 3.8) is 0 Å². The highest BCUT2D eigenvalue weighted by atomic mass is 35.5. The summed E-state index contributed by atoms with van der Waals surface area (Å²) >= 11 is 12.2. The van der Waals surface area contributed by atoms with Crippen molar-refractivity contribution in [3.8, 4) is 11.3 Å². The SMILES string of the molecule is O=C(Nc1ncccc1Cl)c1cc(-c2ccccn2)ccc1Cl. The summed E-state index contributed by atoms with van der Waals surface area (Å²) in [7, 11) is 0. The molecule has 2 aromatic heterocycles. The third-order valence-corrected chi connectivity index (χ3v) is 3.80. The van der Waals surface area contributed by atoms with Gasteiger partial charge < -0.3 is 5.32 Å². The summed E-state index contributed by atoms with van der Waals surface area (Å²) < 4.78 is 0. The smallest absolute Gasteiger partial charge is 0.258 e. The molecule has 114 valence electrons. The zero-order chi connectivity index (χ0) is 16.2. The summed E-state index contributed by atoms with van der Waals surface area (Å²) in [5.74, 6) is -0.0909. The fraction of sp³-hybridized carbons (Fsp3) is 0. The van der Waals surface area contributed by atoms with Gasteiger partial charge in [-0.05, 0) is 36.4 Å². The van der Waals surface area contributed by atoms with Gasteiger partial charge in [-0.2, -0.15) is 0 Å². The molecule has 0 saturated carbocycles. The van der Waals surface area contributed by atoms with E-state index in [4.69, 9.17) is 23.2 Å². The van der Waals surface area contributed by atoms with Crippen LogP contribution in [0.5, 0.6) is 0 Å². The van der Waals surface area contributed by atoms with Gasteiger partial charge in [-0.15, -0.1) is 0 Å². The number of pyridine rings is 2. The maximum atomic E-state index is 12.5. The molecule has 0 fully saturated rings. The van der Waals surface area contributed by atoms with Gasteiger partial charge in [0.25, 0.3) is 5.91 Å². The van der Waals surface area contributed by atoms with E-state index in [1.54, 1.807) is 36.7 Å². The summed E-state index contributed by atoms with van der Waals surface area (Å²) in [5, 5.41) is 3.36. The van der Waals surface area contributed by atoms with Crippen LogP contribution in [0.25, 0.3) is 11.3 Å². The number of aromatic nitrogens is 2. The second kappa shape index (κ2) is 6.77. The van der Waals surface area contributed by atoms with Crippen LogP contribution in [0.2, 0.25) is 10.0 Å². The number of carbonyl (C=O) groups excluding carboxylic acids is 1. The average Bonchev–Trinajstić information content (AvgIpc) is 2.58. The van der Waals surface area contributed by atoms with Gasteiger partial charge in [-0.3, -0.25) is 9.78 Å². The van der Waals surface area contributed by atoms with E-state index >= 15 is 0 Å². The fourth-order valence-electron chi connectivity index (χ4n) is 2.04. The lowest BCUT2D eigenvalue weighted by Crippen LogP contribution is -2.14. The molecule has 0 atom stereocenters. The zero-order valence-electron chi connectivity index (χ0n) is 11.8. The Morgan fingerprint density at radius 1 is 0.913 bits per heavy atom. The molecule has 0 saturated heterocycles. The molecule has 4 nitrogen and oxygen atoms in total. The minimum Gasteiger partial charge on any atom is -0.305 e. The van der Waals surface area contributed by atoms with Crippen LogP contribution >= 0.6 is 23.2 Å². The van der Waals surface area contributed by atoms with Crippen LogP contribution in [0.3, 0.4) is 0 Å². The van der Waals surface area contributed by atoms with E-state index in [1.165, 1.54) is 0 Å². The lowest BCUT2D eigenvalue weighted by atomic mass is 10.1. The van der Waals surface area contributed by atoms with E-state index in [1.807, 2.05) is 24.3 Å². The third kappa shape index (κ3) is 3.50. The number of anilines is 1. The van der Waals surface area contributed by atoms with Gasteiger partial charge >= 0.3 is 0 Å². The van der Waals surface area contributed by atoms with Crippen LogP contribution in [-0.4, -0.2) is 15.9 Å². The molecule has 2 heterocycles. The molecular weight excluding hydrogens is 333 g/mol. The number of carbonyl (C=O) groups is 1. The van der Waals surface area contributed by atoms with Crippen LogP contribution in [0.1, 0.15) is 10.4 Å². The molecule has 3 rings (SSSR count). The van der Waals surface area contributed by atoms with Gasteiger partial charge in [0.2, 0.25) is 0 Å². The Hall–Kier alpha value is -2.43. The summed E-state index contributed by atoms with van der Waals surface area (Å²) in [5.41, 5.74) is 1.89. The molecular formula is C17H11Cl2N3O. The van der Waals surface area contributed by atoms with Crippen molar-refractivity contribution < 1.29 is 4.79 Å². The van der Waals surface area contributed by atoms with E-state index in [9.17, 15) is 4.79 Å². The number of nitrogens with one attached hydrogen (secondary N) is 1. The normalized spacial score (nSPS) is 10.3. The molecule has 0 bridgehead atoms. The molecule has 23 heavy (non-hydrogen) atoms. The quantitative estimate of drug-likeness (QED) is 0.749. The van der Waals surface area contributed by atoms with E-state index in [-0.39, 0.29) is 5.91 Å². The van der Waals surface area contributed by atoms with Crippen LogP contribution in [0.15, 0.2) is 60.9 Å². The monoisotopic (exact) mass is 343 g/mol. The van der Waals surface area contributed by atoms with Crippen molar-refractivity contribution >= 4 is 34.9 Å². The Bertz CT molecular complexity index is 853. The Morgan fingerprint density at radius 3 is 2.48 bits per heavy atom. The molecule has 1 amide bonds. The van der Waals surface area contributed by atoms with Gasteiger partial charge in [-0.25, -0.2) is 4.98 Å². The van der Waals surface area contributed by atoms with Gasteiger partial charge in [0, 0.05) is 18.0 Å². The molecule has 3 aromatic rings. The summed E-state index contributed by atoms with van der Waals surface area (Å²) in [4.78, 5) is 20.8. The first-order valence-corrected chi connectivity index (χ1v) is 7.53. The maximum absolute atomic E-state index is 12.5. The number of amides is 1. The van der Waals surface area contributed by atoms with E-state index in [0.717, 1.165) is 11.3 Å². The first-order chi connectivity index (χ1) is 11.1. The minimum atomic E-state index is -0.381. The van der Waals surface area contributed by atoms with Crippen molar-refractivity contribution in [1.82, 2.24) is 9.97 Å². The fourth-order valence-corrected chi connectivity index (χ4v) is 2.42. The van der Waals surface area contributed by atoms with Crippen molar-refractivity contribution in [2.24, 2.45) is 0 Å². The lowest BCUT2D eigenvalue weighted by Gasteiger charge is -2.09. The van der Waals surface area contributed by atoms with Crippen molar-refractivity contribution in [1.29, 1.82) is 0 Å². The van der Waals surface area contributed by atoms with Crippen molar-refractivity contribution in [2.75, 3.05) is 5.32 Å². The highest BCUT2D eigenvalue weighted by Crippen LogP contribution is 2.25. The topological polar surface area (TPSA) is 54.9 Å². The Labute approximate surface area is 143 Å². The third-order valence-electron chi connectivity index (χ3n) is 3.16. The number of halogens is 2. The minimum absolute atomic E-state index is 0.290. The molecule has 1 N–H and O–H groups in total. The zero-order valence-corrected chi connectivity index (χ0v) is 13.3. The number of hydrogen-bond donors (Lipinski definition) is 1. The highest BCUT2D eigenvalue weighted by molar-refractivity contribution is 6.35. The van der Waals surface area contributed by atoms with E-state index in [2.05, 4.69) is 15.3 Å².